The molecule has 0 bridgehead atoms. The average Bonchev–Trinajstić information content (AvgIpc) is 3.40. The number of carbonyl (C=O) groups excluding carboxylic acids is 2. The van der Waals surface area contributed by atoms with Crippen LogP contribution in [0, 0.1) is 11.6 Å². The highest BCUT2D eigenvalue weighted by atomic mass is 19.1. The summed E-state index contributed by atoms with van der Waals surface area (Å²) in [5, 5.41) is 8.47. The summed E-state index contributed by atoms with van der Waals surface area (Å²) in [6.07, 6.45) is 3.19. The first kappa shape index (κ1) is 27.8. The van der Waals surface area contributed by atoms with Crippen LogP contribution in [0.4, 0.5) is 37.6 Å². The van der Waals surface area contributed by atoms with Gasteiger partial charge >= 0.3 is 0 Å². The van der Waals surface area contributed by atoms with E-state index in [0.29, 0.717) is 35.4 Å². The van der Waals surface area contributed by atoms with E-state index >= 15 is 0 Å². The highest BCUT2D eigenvalue weighted by Gasteiger charge is 2.26. The molecule has 0 fully saturated rings. The lowest BCUT2D eigenvalue weighted by Gasteiger charge is -2.31. The van der Waals surface area contributed by atoms with Crippen LogP contribution in [0.3, 0.4) is 0 Å². The second-order valence-corrected chi connectivity index (χ2v) is 9.85. The molecule has 11 nitrogen and oxygen atoms in total. The molecule has 0 aliphatic carbocycles. The number of ether oxygens (including phenoxy) is 1. The fourth-order valence-corrected chi connectivity index (χ4v) is 4.87. The fraction of sp³-hybridized carbons (Fsp3) is 0.286. The van der Waals surface area contributed by atoms with Crippen molar-refractivity contribution in [1.29, 1.82) is 0 Å². The number of halogens is 2. The minimum Gasteiger partial charge on any atom is -0.495 e. The molecular weight excluding hydrogens is 534 g/mol. The standard InChI is InChI=1S/C28H30F2N8O3/c1-31-27(40)24-18(30)11-16(29)12-20(24)33-26-17-7-8-32-25(17)35-28(36-26)34-19-13-21-15(10-22(19)41-4)6-5-9-38(21)23(39)14-37(2)3/h7-8,10-13H,5-6,9,14H2,1-4H3,(H,31,40)(H3,32,33,34,35,36). The number of carbonyl (C=O) groups is 2. The molecular formula is C28H30F2N8O3. The lowest BCUT2D eigenvalue weighted by molar-refractivity contribution is -0.119. The Kier molecular flexibility index (Phi) is 7.70. The van der Waals surface area contributed by atoms with Gasteiger partial charge in [-0.05, 0) is 56.8 Å². The number of anilines is 5. The number of hydrogen-bond acceptors (Lipinski definition) is 8. The Labute approximate surface area is 235 Å². The Morgan fingerprint density at radius 2 is 1.95 bits per heavy atom. The summed E-state index contributed by atoms with van der Waals surface area (Å²) in [6.45, 7) is 0.877. The van der Waals surface area contributed by atoms with E-state index < -0.39 is 17.5 Å². The minimum atomic E-state index is -1.02. The summed E-state index contributed by atoms with van der Waals surface area (Å²) in [4.78, 5) is 41.0. The quantitative estimate of drug-likeness (QED) is 0.254. The van der Waals surface area contributed by atoms with Crippen LogP contribution < -0.4 is 25.6 Å². The molecule has 4 N–H and O–H groups in total. The predicted octanol–water partition coefficient (Wildman–Crippen LogP) is 3.88. The highest BCUT2D eigenvalue weighted by Crippen LogP contribution is 2.39. The van der Waals surface area contributed by atoms with Crippen molar-refractivity contribution in [3.8, 4) is 17.1 Å². The van der Waals surface area contributed by atoms with Crippen LogP contribution in [0.25, 0.3) is 11.4 Å². The van der Waals surface area contributed by atoms with E-state index in [4.69, 9.17) is 4.74 Å². The first-order valence-corrected chi connectivity index (χ1v) is 12.9. The van der Waals surface area contributed by atoms with Crippen LogP contribution in [0.1, 0.15) is 22.3 Å². The highest BCUT2D eigenvalue weighted by molar-refractivity contribution is 6.01. The predicted molar refractivity (Wildman–Crippen MR) is 152 cm³/mol. The second-order valence-electron chi connectivity index (χ2n) is 9.85. The number of rotatable bonds is 8. The van der Waals surface area contributed by atoms with Crippen LogP contribution in [0.2, 0.25) is 0 Å². The number of aromatic amines is 1. The van der Waals surface area contributed by atoms with Gasteiger partial charge in [-0.25, -0.2) is 13.8 Å². The van der Waals surface area contributed by atoms with Crippen molar-refractivity contribution >= 4 is 40.6 Å². The largest absolute Gasteiger partial charge is 0.495 e. The number of amides is 2. The van der Waals surface area contributed by atoms with Gasteiger partial charge in [0.05, 0.1) is 36.2 Å². The second kappa shape index (κ2) is 11.4. The third kappa shape index (κ3) is 5.61. The minimum absolute atomic E-state index is 0.0140. The van der Waals surface area contributed by atoms with Gasteiger partial charge in [0.15, 0.2) is 0 Å². The Hall–Kier alpha value is -4.78. The number of benzene rings is 2. The number of nitrogens with one attached hydrogen (secondary N) is 4. The zero-order valence-electron chi connectivity index (χ0n) is 23.1. The van der Waals surface area contributed by atoms with E-state index in [1.165, 1.54) is 7.05 Å². The molecule has 0 saturated heterocycles. The molecule has 3 aliphatic rings. The maximum atomic E-state index is 14.6. The topological polar surface area (TPSA) is 128 Å². The Morgan fingerprint density at radius 3 is 2.68 bits per heavy atom. The molecule has 41 heavy (non-hydrogen) atoms. The van der Waals surface area contributed by atoms with E-state index in [9.17, 15) is 18.4 Å². The van der Waals surface area contributed by atoms with Crippen molar-refractivity contribution in [3.63, 3.8) is 0 Å². The molecule has 0 saturated carbocycles. The molecule has 0 unspecified atom stereocenters. The molecule has 3 aliphatic heterocycles. The number of fused-ring (bicyclic) bond motifs is 2. The van der Waals surface area contributed by atoms with Gasteiger partial charge < -0.3 is 35.5 Å². The van der Waals surface area contributed by atoms with Gasteiger partial charge in [0.25, 0.3) is 5.91 Å². The van der Waals surface area contributed by atoms with Crippen molar-refractivity contribution in [2.45, 2.75) is 12.8 Å². The number of aromatic nitrogens is 3. The zero-order valence-corrected chi connectivity index (χ0v) is 23.1. The Morgan fingerprint density at radius 1 is 1.15 bits per heavy atom. The molecule has 2 aromatic carbocycles. The van der Waals surface area contributed by atoms with Gasteiger partial charge in [0.2, 0.25) is 11.9 Å². The first-order valence-electron chi connectivity index (χ1n) is 12.9. The normalized spacial score (nSPS) is 12.8. The monoisotopic (exact) mass is 564 g/mol. The molecule has 2 amide bonds. The summed E-state index contributed by atoms with van der Waals surface area (Å²) >= 11 is 0. The van der Waals surface area contributed by atoms with Crippen LogP contribution in [-0.2, 0) is 11.2 Å². The van der Waals surface area contributed by atoms with Crippen LogP contribution in [0.5, 0.6) is 5.75 Å². The molecule has 0 radical (unpaired) electrons. The number of methoxy groups -OCH3 is 1. The molecule has 13 heteroatoms. The molecule has 0 spiro atoms. The van der Waals surface area contributed by atoms with Gasteiger partial charge in [-0.1, -0.05) is 0 Å². The smallest absolute Gasteiger partial charge is 0.256 e. The Bertz CT molecular complexity index is 1590. The number of hydrogen-bond donors (Lipinski definition) is 4. The van der Waals surface area contributed by atoms with Crippen molar-refractivity contribution < 1.29 is 23.1 Å². The third-order valence-corrected chi connectivity index (χ3v) is 6.70. The van der Waals surface area contributed by atoms with Crippen molar-refractivity contribution in [3.05, 3.63) is 59.3 Å². The van der Waals surface area contributed by atoms with E-state index in [2.05, 4.69) is 30.9 Å². The average molecular weight is 565 g/mol. The number of aryl methyl sites for hydroxylation is 1. The summed E-state index contributed by atoms with van der Waals surface area (Å²) < 4.78 is 34.4. The van der Waals surface area contributed by atoms with Crippen LogP contribution in [0.15, 0.2) is 36.5 Å². The summed E-state index contributed by atoms with van der Waals surface area (Å²) in [5.41, 5.74) is 2.39. The Balaban J connectivity index is 1.54. The lowest BCUT2D eigenvalue weighted by Crippen LogP contribution is -2.40. The summed E-state index contributed by atoms with van der Waals surface area (Å²) in [7, 11) is 6.60. The molecule has 2 aromatic rings. The first-order chi connectivity index (χ1) is 19.7. The van der Waals surface area contributed by atoms with Crippen molar-refractivity contribution in [1.82, 2.24) is 25.2 Å². The van der Waals surface area contributed by atoms with Crippen molar-refractivity contribution in [2.24, 2.45) is 0 Å². The summed E-state index contributed by atoms with van der Waals surface area (Å²) in [5.74, 6) is -1.21. The SMILES string of the molecule is CNC(=O)c1c(F)cc(F)cc1Nc1nc(Nc2cc3c(cc2OC)CCCN3C(=O)CN(C)C)[nH]c2nccc1-2. The van der Waals surface area contributed by atoms with Gasteiger partial charge in [0.1, 0.15) is 29.0 Å². The number of likely N-dealkylation sites (N-methyl/N-ethyl adjacent to an activating group) is 1. The van der Waals surface area contributed by atoms with Crippen molar-refractivity contribution in [2.75, 3.05) is 56.9 Å². The van der Waals surface area contributed by atoms with Gasteiger partial charge in [-0.2, -0.15) is 4.98 Å². The molecule has 3 heterocycles. The summed E-state index contributed by atoms with van der Waals surface area (Å²) in [6, 6.07) is 7.08. The van der Waals surface area contributed by atoms with Gasteiger partial charge in [-0.15, -0.1) is 0 Å². The van der Waals surface area contributed by atoms with Gasteiger partial charge in [0, 0.05) is 31.5 Å². The zero-order chi connectivity index (χ0) is 29.3. The molecule has 0 aromatic heterocycles. The molecule has 0 atom stereocenters. The van der Waals surface area contributed by atoms with Gasteiger partial charge in [-0.3, -0.25) is 9.59 Å². The molecule has 214 valence electrons. The lowest BCUT2D eigenvalue weighted by atomic mass is 10.00. The van der Waals surface area contributed by atoms with Crippen LogP contribution >= 0.6 is 0 Å². The maximum absolute atomic E-state index is 14.6. The third-order valence-electron chi connectivity index (χ3n) is 6.70. The number of H-pyrrole nitrogens is 1. The fourth-order valence-electron chi connectivity index (χ4n) is 4.87. The van der Waals surface area contributed by atoms with E-state index in [-0.39, 0.29) is 35.5 Å². The van der Waals surface area contributed by atoms with E-state index in [0.717, 1.165) is 30.2 Å². The maximum Gasteiger partial charge on any atom is 0.256 e. The molecule has 5 rings (SSSR count). The van der Waals surface area contributed by atoms with Crippen LogP contribution in [-0.4, -0.2) is 73.0 Å². The number of nitrogens with zero attached hydrogens (tertiary/aromatic N) is 4. The van der Waals surface area contributed by atoms with E-state index in [1.54, 1.807) is 24.3 Å². The van der Waals surface area contributed by atoms with E-state index in [1.807, 2.05) is 31.1 Å².